The highest BCUT2D eigenvalue weighted by atomic mass is 16.6. The smallest absolute Gasteiger partial charge is 0.407 e. The molecule has 0 unspecified atom stereocenters. The lowest BCUT2D eigenvalue weighted by Gasteiger charge is -2.38. The summed E-state index contributed by atoms with van der Waals surface area (Å²) in [6.45, 7) is 6.57. The van der Waals surface area contributed by atoms with Gasteiger partial charge in [0.05, 0.1) is 0 Å². The maximum atomic E-state index is 12.3. The van der Waals surface area contributed by atoms with Crippen LogP contribution in [0.2, 0.25) is 0 Å². The normalized spacial score (nSPS) is 20.6. The first-order valence-corrected chi connectivity index (χ1v) is 10.00. The number of carbonyl (C=O) groups excluding carboxylic acids is 1. The molecule has 2 atom stereocenters. The molecule has 1 aliphatic rings. The van der Waals surface area contributed by atoms with Crippen LogP contribution in [0.4, 0.5) is 4.79 Å². The molecule has 1 aliphatic carbocycles. The van der Waals surface area contributed by atoms with E-state index < -0.39 is 5.60 Å². The third-order valence-electron chi connectivity index (χ3n) is 5.30. The van der Waals surface area contributed by atoms with Crippen LogP contribution in [0.3, 0.4) is 0 Å². The number of likely N-dealkylation sites (N-methyl/N-ethyl adjacent to an activating group) is 1. The van der Waals surface area contributed by atoms with Crippen LogP contribution in [0.15, 0.2) is 42.5 Å². The van der Waals surface area contributed by atoms with Crippen LogP contribution in [0.25, 0.3) is 10.8 Å². The van der Waals surface area contributed by atoms with E-state index in [4.69, 9.17) is 4.74 Å². The van der Waals surface area contributed by atoms with Crippen molar-refractivity contribution < 1.29 is 9.53 Å². The Hall–Kier alpha value is -2.07. The molecule has 0 radical (unpaired) electrons. The molecule has 1 N–H and O–H groups in total. The lowest BCUT2D eigenvalue weighted by molar-refractivity contribution is 0.0437. The van der Waals surface area contributed by atoms with Crippen molar-refractivity contribution in [3.8, 4) is 0 Å². The lowest BCUT2D eigenvalue weighted by atomic mass is 9.89. The first kappa shape index (κ1) is 19.7. The van der Waals surface area contributed by atoms with Gasteiger partial charge >= 0.3 is 6.09 Å². The molecule has 4 heteroatoms. The largest absolute Gasteiger partial charge is 0.444 e. The van der Waals surface area contributed by atoms with Crippen molar-refractivity contribution in [2.24, 2.45) is 0 Å². The van der Waals surface area contributed by atoms with E-state index in [1.807, 2.05) is 20.8 Å². The van der Waals surface area contributed by atoms with E-state index in [1.165, 1.54) is 22.8 Å². The molecule has 2 aromatic carbocycles. The average molecular weight is 369 g/mol. The summed E-state index contributed by atoms with van der Waals surface area (Å²) in [6, 6.07) is 15.5. The zero-order chi connectivity index (χ0) is 19.4. The molecule has 4 nitrogen and oxygen atoms in total. The number of alkyl carbamates (subject to hydrolysis) is 1. The van der Waals surface area contributed by atoms with Crippen LogP contribution in [0.5, 0.6) is 0 Å². The highest BCUT2D eigenvalue weighted by molar-refractivity contribution is 5.85. The molecule has 0 aliphatic heterocycles. The van der Waals surface area contributed by atoms with Gasteiger partial charge in [-0.1, -0.05) is 55.3 Å². The number of rotatable bonds is 4. The topological polar surface area (TPSA) is 41.6 Å². The van der Waals surface area contributed by atoms with Gasteiger partial charge in [-0.25, -0.2) is 4.79 Å². The van der Waals surface area contributed by atoms with Crippen molar-refractivity contribution in [1.29, 1.82) is 0 Å². The van der Waals surface area contributed by atoms with Crippen LogP contribution in [0.1, 0.15) is 52.0 Å². The van der Waals surface area contributed by atoms with Gasteiger partial charge in [0.1, 0.15) is 5.60 Å². The molecule has 0 bridgehead atoms. The molecule has 1 saturated carbocycles. The Morgan fingerprint density at radius 3 is 2.59 bits per heavy atom. The van der Waals surface area contributed by atoms with E-state index in [1.54, 1.807) is 0 Å². The second-order valence-corrected chi connectivity index (χ2v) is 8.66. The molecule has 1 fully saturated rings. The van der Waals surface area contributed by atoms with Gasteiger partial charge in [-0.15, -0.1) is 0 Å². The SMILES string of the molecule is CN(Cc1cccc2ccccc12)[C@H]1CCCC[C@@H]1NC(=O)OC(C)(C)C. The standard InChI is InChI=1S/C23H32N2O2/c1-23(2,3)27-22(26)24-20-14-7-8-15-21(20)25(4)16-18-12-9-11-17-10-5-6-13-19(17)18/h5-6,9-13,20-21H,7-8,14-16H2,1-4H3,(H,24,26)/t20-,21-/m0/s1. The average Bonchev–Trinajstić information content (AvgIpc) is 2.61. The molecule has 3 rings (SSSR count). The van der Waals surface area contributed by atoms with Gasteiger partial charge in [0.15, 0.2) is 0 Å². The third-order valence-corrected chi connectivity index (χ3v) is 5.30. The quantitative estimate of drug-likeness (QED) is 0.815. The highest BCUT2D eigenvalue weighted by Gasteiger charge is 2.31. The number of amides is 1. The van der Waals surface area contributed by atoms with Crippen molar-refractivity contribution in [2.45, 2.75) is 70.7 Å². The summed E-state index contributed by atoms with van der Waals surface area (Å²) in [5, 5.41) is 5.71. The van der Waals surface area contributed by atoms with Crippen molar-refractivity contribution in [2.75, 3.05) is 7.05 Å². The molecule has 146 valence electrons. The molecular weight excluding hydrogens is 336 g/mol. The number of nitrogens with zero attached hydrogens (tertiary/aromatic N) is 1. The van der Waals surface area contributed by atoms with Crippen LogP contribution in [-0.4, -0.2) is 35.7 Å². The van der Waals surface area contributed by atoms with Gasteiger partial charge in [-0.2, -0.15) is 0 Å². The van der Waals surface area contributed by atoms with E-state index in [-0.39, 0.29) is 12.1 Å². The van der Waals surface area contributed by atoms with Crippen molar-refractivity contribution in [3.05, 3.63) is 48.0 Å². The van der Waals surface area contributed by atoms with Gasteiger partial charge in [-0.05, 0) is 57.0 Å². The summed E-state index contributed by atoms with van der Waals surface area (Å²) in [5.74, 6) is 0. The van der Waals surface area contributed by atoms with E-state index in [9.17, 15) is 4.79 Å². The third kappa shape index (κ3) is 5.23. The fourth-order valence-corrected chi connectivity index (χ4v) is 4.08. The van der Waals surface area contributed by atoms with Crippen molar-refractivity contribution >= 4 is 16.9 Å². The summed E-state index contributed by atoms with van der Waals surface area (Å²) >= 11 is 0. The van der Waals surface area contributed by atoms with Crippen LogP contribution in [0, 0.1) is 0 Å². The van der Waals surface area contributed by atoms with Crippen LogP contribution < -0.4 is 5.32 Å². The Balaban J connectivity index is 1.71. The Bertz CT molecular complexity index is 776. The minimum atomic E-state index is -0.469. The van der Waals surface area contributed by atoms with E-state index in [0.29, 0.717) is 6.04 Å². The zero-order valence-corrected chi connectivity index (χ0v) is 17.0. The van der Waals surface area contributed by atoms with Gasteiger partial charge in [0.2, 0.25) is 0 Å². The summed E-state index contributed by atoms with van der Waals surface area (Å²) in [6.07, 6.45) is 4.15. The van der Waals surface area contributed by atoms with E-state index >= 15 is 0 Å². The second kappa shape index (κ2) is 8.30. The summed E-state index contributed by atoms with van der Waals surface area (Å²) in [5.41, 5.74) is 0.862. The predicted octanol–water partition coefficient (Wildman–Crippen LogP) is 5.11. The number of nitrogens with one attached hydrogen (secondary N) is 1. The summed E-state index contributed by atoms with van der Waals surface area (Å²) in [7, 11) is 2.17. The molecule has 0 saturated heterocycles. The van der Waals surface area contributed by atoms with Gasteiger partial charge in [-0.3, -0.25) is 4.90 Å². The molecule has 0 heterocycles. The number of hydrogen-bond acceptors (Lipinski definition) is 3. The number of benzene rings is 2. The predicted molar refractivity (Wildman–Crippen MR) is 111 cm³/mol. The zero-order valence-electron chi connectivity index (χ0n) is 17.0. The van der Waals surface area contributed by atoms with Crippen molar-refractivity contribution in [1.82, 2.24) is 10.2 Å². The number of hydrogen-bond donors (Lipinski definition) is 1. The molecule has 27 heavy (non-hydrogen) atoms. The molecule has 0 spiro atoms. The van der Waals surface area contributed by atoms with E-state index in [2.05, 4.69) is 59.7 Å². The van der Waals surface area contributed by atoms with Gasteiger partial charge in [0.25, 0.3) is 0 Å². The minimum Gasteiger partial charge on any atom is -0.444 e. The van der Waals surface area contributed by atoms with Crippen LogP contribution >= 0.6 is 0 Å². The first-order chi connectivity index (χ1) is 12.8. The second-order valence-electron chi connectivity index (χ2n) is 8.66. The number of carbonyl (C=O) groups is 1. The summed E-state index contributed by atoms with van der Waals surface area (Å²) < 4.78 is 5.48. The van der Waals surface area contributed by atoms with Gasteiger partial charge in [0, 0.05) is 18.6 Å². The monoisotopic (exact) mass is 368 g/mol. The number of ether oxygens (including phenoxy) is 1. The molecule has 1 amide bonds. The fourth-order valence-electron chi connectivity index (χ4n) is 4.08. The Morgan fingerprint density at radius 2 is 1.81 bits per heavy atom. The van der Waals surface area contributed by atoms with E-state index in [0.717, 1.165) is 25.8 Å². The molecular formula is C23H32N2O2. The summed E-state index contributed by atoms with van der Waals surface area (Å²) in [4.78, 5) is 14.7. The first-order valence-electron chi connectivity index (χ1n) is 10.00. The lowest BCUT2D eigenvalue weighted by Crippen LogP contribution is -2.52. The Kier molecular flexibility index (Phi) is 6.05. The fraction of sp³-hybridized carbons (Fsp3) is 0.522. The Labute approximate surface area is 162 Å². The molecule has 2 aromatic rings. The number of fused-ring (bicyclic) bond motifs is 1. The van der Waals surface area contributed by atoms with Gasteiger partial charge < -0.3 is 10.1 Å². The highest BCUT2D eigenvalue weighted by Crippen LogP contribution is 2.26. The molecule has 0 aromatic heterocycles. The maximum Gasteiger partial charge on any atom is 0.407 e. The minimum absolute atomic E-state index is 0.133. The maximum absolute atomic E-state index is 12.3. The van der Waals surface area contributed by atoms with Crippen LogP contribution in [-0.2, 0) is 11.3 Å². The Morgan fingerprint density at radius 1 is 1.11 bits per heavy atom. The van der Waals surface area contributed by atoms with Crippen molar-refractivity contribution in [3.63, 3.8) is 0 Å².